The number of fused-ring (bicyclic) bond motifs is 3. The van der Waals surface area contributed by atoms with Crippen LogP contribution in [-0.4, -0.2) is 14.4 Å². The van der Waals surface area contributed by atoms with Gasteiger partial charge in [-0.05, 0) is 29.3 Å². The minimum Gasteiger partial charge on any atom is -0.348 e. The van der Waals surface area contributed by atoms with Crippen molar-refractivity contribution in [2.45, 2.75) is 13.1 Å². The molecule has 0 unspecified atom stereocenters. The van der Waals surface area contributed by atoms with Crippen molar-refractivity contribution in [1.29, 1.82) is 0 Å². The van der Waals surface area contributed by atoms with Gasteiger partial charge in [0.15, 0.2) is 0 Å². The van der Waals surface area contributed by atoms with Crippen molar-refractivity contribution in [1.82, 2.24) is 14.4 Å². The van der Waals surface area contributed by atoms with E-state index < -0.39 is 0 Å². The minimum atomic E-state index is 0.727. The molecule has 0 aliphatic rings. The van der Waals surface area contributed by atoms with E-state index in [0.717, 1.165) is 35.7 Å². The predicted molar refractivity (Wildman–Crippen MR) is 113 cm³/mol. The SMILES string of the molecule is c1ccc(CN(Cc2ccccc2)c2ccn3c(n2)nc2ccccc23)cc1. The van der Waals surface area contributed by atoms with Crippen molar-refractivity contribution in [2.24, 2.45) is 0 Å². The van der Waals surface area contributed by atoms with Crippen LogP contribution in [0, 0.1) is 0 Å². The van der Waals surface area contributed by atoms with Crippen LogP contribution in [0.3, 0.4) is 0 Å². The van der Waals surface area contributed by atoms with Gasteiger partial charge >= 0.3 is 0 Å². The Morgan fingerprint density at radius 3 is 1.93 bits per heavy atom. The summed E-state index contributed by atoms with van der Waals surface area (Å²) in [6.07, 6.45) is 2.07. The second kappa shape index (κ2) is 7.16. The summed E-state index contributed by atoms with van der Waals surface area (Å²) in [7, 11) is 0. The summed E-state index contributed by atoms with van der Waals surface area (Å²) in [5.74, 6) is 1.65. The summed E-state index contributed by atoms with van der Waals surface area (Å²) < 4.78 is 2.04. The molecule has 0 aliphatic heterocycles. The predicted octanol–water partition coefficient (Wildman–Crippen LogP) is 5.09. The van der Waals surface area contributed by atoms with Crippen LogP contribution in [0.2, 0.25) is 0 Å². The Balaban J connectivity index is 1.56. The summed E-state index contributed by atoms with van der Waals surface area (Å²) in [5.41, 5.74) is 4.56. The molecule has 0 atom stereocenters. The summed E-state index contributed by atoms with van der Waals surface area (Å²) in [6, 6.07) is 31.2. The van der Waals surface area contributed by atoms with Gasteiger partial charge in [0, 0.05) is 19.3 Å². The average Bonchev–Trinajstić information content (AvgIpc) is 3.12. The van der Waals surface area contributed by atoms with Crippen molar-refractivity contribution < 1.29 is 0 Å². The maximum absolute atomic E-state index is 4.88. The Bertz CT molecular complexity index is 1170. The molecule has 4 nitrogen and oxygen atoms in total. The normalized spacial score (nSPS) is 11.1. The van der Waals surface area contributed by atoms with E-state index in [-0.39, 0.29) is 0 Å². The van der Waals surface area contributed by atoms with E-state index in [0.29, 0.717) is 0 Å². The molecule has 5 aromatic rings. The third kappa shape index (κ3) is 3.21. The van der Waals surface area contributed by atoms with E-state index in [1.54, 1.807) is 0 Å². The molecule has 0 saturated carbocycles. The third-order valence-electron chi connectivity index (χ3n) is 4.92. The van der Waals surface area contributed by atoms with Crippen LogP contribution in [-0.2, 0) is 13.1 Å². The molecule has 0 fully saturated rings. The molecule has 0 aliphatic carbocycles. The van der Waals surface area contributed by atoms with Gasteiger partial charge in [0.25, 0.3) is 0 Å². The zero-order valence-electron chi connectivity index (χ0n) is 15.4. The van der Waals surface area contributed by atoms with Gasteiger partial charge in [-0.3, -0.25) is 4.40 Å². The standard InChI is InChI=1S/C24H20N4/c1-3-9-19(10-4-1)17-27(18-20-11-5-2-6-12-20)23-15-16-28-22-14-8-7-13-21(22)25-24(28)26-23/h1-16H,17-18H2. The van der Waals surface area contributed by atoms with Gasteiger partial charge in [0.1, 0.15) is 5.82 Å². The summed E-state index contributed by atoms with van der Waals surface area (Å²) in [4.78, 5) is 11.9. The Morgan fingerprint density at radius 2 is 1.25 bits per heavy atom. The molecule has 0 amide bonds. The Morgan fingerprint density at radius 1 is 0.643 bits per heavy atom. The summed E-state index contributed by atoms with van der Waals surface area (Å²) >= 11 is 0. The van der Waals surface area contributed by atoms with Crippen LogP contribution in [0.4, 0.5) is 5.82 Å². The van der Waals surface area contributed by atoms with E-state index in [4.69, 9.17) is 9.97 Å². The van der Waals surface area contributed by atoms with Crippen LogP contribution >= 0.6 is 0 Å². The molecule has 0 saturated heterocycles. The Hall–Kier alpha value is -3.66. The van der Waals surface area contributed by atoms with Gasteiger partial charge in [-0.15, -0.1) is 0 Å². The maximum Gasteiger partial charge on any atom is 0.236 e. The first-order valence-electron chi connectivity index (χ1n) is 9.43. The Labute approximate surface area is 163 Å². The summed E-state index contributed by atoms with van der Waals surface area (Å²) in [5, 5.41) is 0. The number of para-hydroxylation sites is 2. The molecule has 3 aromatic carbocycles. The average molecular weight is 364 g/mol. The fourth-order valence-corrected chi connectivity index (χ4v) is 3.54. The van der Waals surface area contributed by atoms with Gasteiger partial charge in [0.05, 0.1) is 11.0 Å². The highest BCUT2D eigenvalue weighted by atomic mass is 15.2. The third-order valence-corrected chi connectivity index (χ3v) is 4.92. The monoisotopic (exact) mass is 364 g/mol. The van der Waals surface area contributed by atoms with Crippen LogP contribution in [0.1, 0.15) is 11.1 Å². The van der Waals surface area contributed by atoms with Crippen LogP contribution < -0.4 is 4.90 Å². The van der Waals surface area contributed by atoms with E-state index >= 15 is 0 Å². The fraction of sp³-hybridized carbons (Fsp3) is 0.0833. The van der Waals surface area contributed by atoms with Gasteiger partial charge in [-0.2, -0.15) is 4.98 Å². The molecule has 2 aromatic heterocycles. The molecule has 0 radical (unpaired) electrons. The Kier molecular flexibility index (Phi) is 4.22. The van der Waals surface area contributed by atoms with E-state index in [2.05, 4.69) is 71.8 Å². The number of hydrogen-bond donors (Lipinski definition) is 0. The highest BCUT2D eigenvalue weighted by Crippen LogP contribution is 2.21. The number of rotatable bonds is 5. The van der Waals surface area contributed by atoms with Crippen molar-refractivity contribution in [3.8, 4) is 0 Å². The van der Waals surface area contributed by atoms with Crippen molar-refractivity contribution in [3.05, 3.63) is 108 Å². The lowest BCUT2D eigenvalue weighted by Crippen LogP contribution is -2.23. The number of anilines is 1. The molecule has 0 bridgehead atoms. The highest BCUT2D eigenvalue weighted by molar-refractivity contribution is 5.79. The number of aromatic nitrogens is 3. The van der Waals surface area contributed by atoms with E-state index in [9.17, 15) is 0 Å². The smallest absolute Gasteiger partial charge is 0.236 e. The van der Waals surface area contributed by atoms with Gasteiger partial charge in [0.2, 0.25) is 5.78 Å². The van der Waals surface area contributed by atoms with Crippen molar-refractivity contribution in [2.75, 3.05) is 4.90 Å². The topological polar surface area (TPSA) is 33.4 Å². The molecule has 0 spiro atoms. The van der Waals surface area contributed by atoms with Crippen molar-refractivity contribution >= 4 is 22.6 Å². The van der Waals surface area contributed by atoms with E-state index in [1.165, 1.54) is 11.1 Å². The lowest BCUT2D eigenvalue weighted by Gasteiger charge is -2.24. The molecule has 28 heavy (non-hydrogen) atoms. The van der Waals surface area contributed by atoms with Gasteiger partial charge < -0.3 is 4.90 Å². The first-order valence-corrected chi connectivity index (χ1v) is 9.43. The first-order chi connectivity index (χ1) is 13.9. The zero-order chi connectivity index (χ0) is 18.8. The molecule has 5 rings (SSSR count). The molecule has 136 valence electrons. The molecular weight excluding hydrogens is 344 g/mol. The maximum atomic E-state index is 4.88. The van der Waals surface area contributed by atoms with Crippen LogP contribution in [0.15, 0.2) is 97.2 Å². The summed E-state index contributed by atoms with van der Waals surface area (Å²) in [6.45, 7) is 1.58. The van der Waals surface area contributed by atoms with Crippen molar-refractivity contribution in [3.63, 3.8) is 0 Å². The number of hydrogen-bond acceptors (Lipinski definition) is 3. The van der Waals surface area contributed by atoms with Gasteiger partial charge in [-0.25, -0.2) is 4.98 Å². The molecule has 4 heteroatoms. The lowest BCUT2D eigenvalue weighted by atomic mass is 10.1. The first kappa shape index (κ1) is 16.5. The lowest BCUT2D eigenvalue weighted by molar-refractivity contribution is 0.782. The minimum absolute atomic E-state index is 0.727. The second-order valence-corrected chi connectivity index (χ2v) is 6.88. The molecular formula is C24H20N4. The zero-order valence-corrected chi connectivity index (χ0v) is 15.4. The highest BCUT2D eigenvalue weighted by Gasteiger charge is 2.13. The second-order valence-electron chi connectivity index (χ2n) is 6.88. The quantitative estimate of drug-likeness (QED) is 0.436. The molecule has 0 N–H and O–H groups in total. The van der Waals surface area contributed by atoms with E-state index in [1.807, 2.05) is 34.7 Å². The van der Waals surface area contributed by atoms with Crippen LogP contribution in [0.25, 0.3) is 16.8 Å². The van der Waals surface area contributed by atoms with Crippen LogP contribution in [0.5, 0.6) is 0 Å². The number of benzene rings is 3. The van der Waals surface area contributed by atoms with Gasteiger partial charge in [-0.1, -0.05) is 72.8 Å². The fourth-order valence-electron chi connectivity index (χ4n) is 3.54. The number of imidazole rings is 1. The molecule has 2 heterocycles. The number of nitrogens with zero attached hydrogens (tertiary/aromatic N) is 4. The largest absolute Gasteiger partial charge is 0.348 e.